The summed E-state index contributed by atoms with van der Waals surface area (Å²) in [6.45, 7) is 0. The molecule has 1 amide bonds. The van der Waals surface area contributed by atoms with Crippen molar-refractivity contribution in [1.29, 1.82) is 0 Å². The molecular formula is C23H19F3N6O. The van der Waals surface area contributed by atoms with Gasteiger partial charge in [0, 0.05) is 43.8 Å². The fourth-order valence-corrected chi connectivity index (χ4v) is 3.27. The minimum atomic E-state index is -4.65. The smallest absolute Gasteiger partial charge is 0.324 e. The summed E-state index contributed by atoms with van der Waals surface area (Å²) in [6, 6.07) is 9.62. The molecule has 4 aromatic rings. The molecule has 0 unspecified atom stereocenters. The fraction of sp³-hybridized carbons (Fsp3) is 0.174. The average molecular weight is 452 g/mol. The molecule has 0 saturated heterocycles. The van der Waals surface area contributed by atoms with Gasteiger partial charge in [-0.1, -0.05) is 24.3 Å². The van der Waals surface area contributed by atoms with Crippen LogP contribution in [0.4, 0.5) is 18.9 Å². The summed E-state index contributed by atoms with van der Waals surface area (Å²) in [5.41, 5.74) is 1.85. The zero-order chi connectivity index (χ0) is 23.4. The molecule has 7 nitrogen and oxygen atoms in total. The molecule has 3 heterocycles. The van der Waals surface area contributed by atoms with Gasteiger partial charge in [-0.3, -0.25) is 9.48 Å². The minimum absolute atomic E-state index is 0.0764. The molecule has 0 spiro atoms. The van der Waals surface area contributed by atoms with E-state index in [0.717, 1.165) is 22.9 Å². The molecule has 0 atom stereocenters. The van der Waals surface area contributed by atoms with E-state index in [-0.39, 0.29) is 12.1 Å². The van der Waals surface area contributed by atoms with Crippen LogP contribution in [0.1, 0.15) is 22.6 Å². The average Bonchev–Trinajstić information content (AvgIpc) is 3.19. The summed E-state index contributed by atoms with van der Waals surface area (Å²) in [6.07, 6.45) is 4.01. The molecule has 0 fully saturated rings. The number of benzene rings is 1. The molecule has 1 aromatic carbocycles. The van der Waals surface area contributed by atoms with E-state index in [9.17, 15) is 18.0 Å². The van der Waals surface area contributed by atoms with E-state index in [1.807, 2.05) is 25.4 Å². The quantitative estimate of drug-likeness (QED) is 0.477. The molecule has 0 bridgehead atoms. The highest BCUT2D eigenvalue weighted by molar-refractivity contribution is 5.92. The largest absolute Gasteiger partial charge is 0.435 e. The van der Waals surface area contributed by atoms with Crippen LogP contribution in [-0.4, -0.2) is 30.6 Å². The molecule has 0 saturated carbocycles. The third-order valence-corrected chi connectivity index (χ3v) is 4.83. The zero-order valence-corrected chi connectivity index (χ0v) is 17.5. The minimum Gasteiger partial charge on any atom is -0.324 e. The van der Waals surface area contributed by atoms with Crippen molar-refractivity contribution in [3.63, 3.8) is 0 Å². The number of carbonyl (C=O) groups excluding carboxylic acids is 1. The fourth-order valence-electron chi connectivity index (χ4n) is 3.27. The molecule has 0 aliphatic heterocycles. The van der Waals surface area contributed by atoms with E-state index in [0.29, 0.717) is 17.8 Å². The molecule has 168 valence electrons. The van der Waals surface area contributed by atoms with Crippen molar-refractivity contribution in [2.45, 2.75) is 19.0 Å². The van der Waals surface area contributed by atoms with E-state index >= 15 is 0 Å². The highest BCUT2D eigenvalue weighted by atomic mass is 19.4. The van der Waals surface area contributed by atoms with Gasteiger partial charge in [0.05, 0.1) is 18.3 Å². The number of aryl methyl sites for hydroxylation is 1. The van der Waals surface area contributed by atoms with Crippen molar-refractivity contribution in [3.8, 4) is 11.1 Å². The van der Waals surface area contributed by atoms with Crippen molar-refractivity contribution in [3.05, 3.63) is 90.0 Å². The van der Waals surface area contributed by atoms with Crippen LogP contribution < -0.4 is 5.32 Å². The third-order valence-electron chi connectivity index (χ3n) is 4.83. The van der Waals surface area contributed by atoms with Gasteiger partial charge in [-0.2, -0.15) is 18.3 Å². The van der Waals surface area contributed by atoms with Crippen LogP contribution in [0.5, 0.6) is 0 Å². The summed E-state index contributed by atoms with van der Waals surface area (Å²) < 4.78 is 40.8. The van der Waals surface area contributed by atoms with Crippen LogP contribution in [0.15, 0.2) is 67.4 Å². The first-order chi connectivity index (χ1) is 15.8. The SMILES string of the molecule is Cn1cc(Cc2ncc(-c3ccc(CC(=O)Nc4cccnc4C(F)(F)F)cc3)cn2)cn1. The van der Waals surface area contributed by atoms with Gasteiger partial charge in [-0.05, 0) is 28.8 Å². The number of aromatic nitrogens is 5. The molecule has 4 rings (SSSR count). The van der Waals surface area contributed by atoms with Crippen molar-refractivity contribution < 1.29 is 18.0 Å². The first-order valence-corrected chi connectivity index (χ1v) is 9.98. The van der Waals surface area contributed by atoms with E-state index in [4.69, 9.17) is 0 Å². The number of nitrogens with one attached hydrogen (secondary N) is 1. The lowest BCUT2D eigenvalue weighted by molar-refractivity contribution is -0.140. The van der Waals surface area contributed by atoms with E-state index in [1.165, 1.54) is 12.1 Å². The van der Waals surface area contributed by atoms with Gasteiger partial charge in [-0.15, -0.1) is 0 Å². The van der Waals surface area contributed by atoms with Gasteiger partial charge in [-0.25, -0.2) is 15.0 Å². The number of nitrogens with zero attached hydrogens (tertiary/aromatic N) is 5. The summed E-state index contributed by atoms with van der Waals surface area (Å²) in [5.74, 6) is 0.109. The second-order valence-corrected chi connectivity index (χ2v) is 7.41. The van der Waals surface area contributed by atoms with Crippen LogP contribution in [0.25, 0.3) is 11.1 Å². The second-order valence-electron chi connectivity index (χ2n) is 7.41. The number of halogens is 3. The third kappa shape index (κ3) is 5.59. The maximum atomic E-state index is 13.0. The number of hydrogen-bond acceptors (Lipinski definition) is 5. The van der Waals surface area contributed by atoms with Crippen molar-refractivity contribution in [1.82, 2.24) is 24.7 Å². The van der Waals surface area contributed by atoms with E-state index in [2.05, 4.69) is 25.4 Å². The monoisotopic (exact) mass is 452 g/mol. The maximum Gasteiger partial charge on any atom is 0.435 e. The van der Waals surface area contributed by atoms with Crippen molar-refractivity contribution >= 4 is 11.6 Å². The van der Waals surface area contributed by atoms with Gasteiger partial charge in [0.1, 0.15) is 5.82 Å². The highest BCUT2D eigenvalue weighted by Gasteiger charge is 2.35. The Balaban J connectivity index is 1.39. The van der Waals surface area contributed by atoms with Crippen LogP contribution in [0.2, 0.25) is 0 Å². The van der Waals surface area contributed by atoms with Gasteiger partial charge >= 0.3 is 6.18 Å². The predicted molar refractivity (Wildman–Crippen MR) is 115 cm³/mol. The second kappa shape index (κ2) is 9.19. The number of hydrogen-bond donors (Lipinski definition) is 1. The number of alkyl halides is 3. The molecule has 0 aliphatic carbocycles. The number of pyridine rings is 1. The lowest BCUT2D eigenvalue weighted by Gasteiger charge is -2.12. The molecule has 3 aromatic heterocycles. The van der Waals surface area contributed by atoms with Crippen molar-refractivity contribution in [2.24, 2.45) is 7.05 Å². The lowest BCUT2D eigenvalue weighted by Crippen LogP contribution is -2.19. The Hall–Kier alpha value is -4.08. The molecule has 1 N–H and O–H groups in total. The standard InChI is InChI=1S/C23H19F3N6O/c1-32-14-16(11-30-32)9-20-28-12-18(13-29-20)17-6-4-15(5-7-17)10-21(33)31-19-3-2-8-27-22(19)23(24,25)26/h2-8,11-14H,9-10H2,1H3,(H,31,33). The molecule has 0 radical (unpaired) electrons. The number of amides is 1. The van der Waals surface area contributed by atoms with Gasteiger partial charge < -0.3 is 5.32 Å². The zero-order valence-electron chi connectivity index (χ0n) is 17.5. The number of rotatable bonds is 6. The molecule has 0 aliphatic rings. The van der Waals surface area contributed by atoms with E-state index in [1.54, 1.807) is 35.4 Å². The Labute approximate surface area is 187 Å². The van der Waals surface area contributed by atoms with Crippen LogP contribution >= 0.6 is 0 Å². The molecule has 33 heavy (non-hydrogen) atoms. The first kappa shape index (κ1) is 22.1. The summed E-state index contributed by atoms with van der Waals surface area (Å²) >= 11 is 0. The first-order valence-electron chi connectivity index (χ1n) is 9.98. The topological polar surface area (TPSA) is 85.6 Å². The van der Waals surface area contributed by atoms with Crippen LogP contribution in [0.3, 0.4) is 0 Å². The Bertz CT molecular complexity index is 1250. The number of anilines is 1. The Kier molecular flexibility index (Phi) is 6.16. The maximum absolute atomic E-state index is 13.0. The number of carbonyl (C=O) groups is 1. The van der Waals surface area contributed by atoms with Crippen LogP contribution in [-0.2, 0) is 30.9 Å². The predicted octanol–water partition coefficient (Wildman–Crippen LogP) is 4.06. The lowest BCUT2D eigenvalue weighted by atomic mass is 10.0. The highest BCUT2D eigenvalue weighted by Crippen LogP contribution is 2.32. The van der Waals surface area contributed by atoms with Gasteiger partial charge in [0.25, 0.3) is 0 Å². The summed E-state index contributed by atoms with van der Waals surface area (Å²) in [5, 5.41) is 6.42. The van der Waals surface area contributed by atoms with Crippen LogP contribution in [0, 0.1) is 0 Å². The molecular weight excluding hydrogens is 433 g/mol. The van der Waals surface area contributed by atoms with Crippen molar-refractivity contribution in [2.75, 3.05) is 5.32 Å². The van der Waals surface area contributed by atoms with Gasteiger partial charge in [0.2, 0.25) is 5.91 Å². The van der Waals surface area contributed by atoms with E-state index < -0.39 is 17.8 Å². The normalized spacial score (nSPS) is 11.4. The Morgan fingerprint density at radius 2 is 1.70 bits per heavy atom. The summed E-state index contributed by atoms with van der Waals surface area (Å²) in [4.78, 5) is 24.4. The Morgan fingerprint density at radius 1 is 0.970 bits per heavy atom. The Morgan fingerprint density at radius 3 is 2.33 bits per heavy atom. The summed E-state index contributed by atoms with van der Waals surface area (Å²) in [7, 11) is 1.85. The van der Waals surface area contributed by atoms with Gasteiger partial charge in [0.15, 0.2) is 5.69 Å². The molecule has 10 heteroatoms.